The molecule has 0 aliphatic heterocycles. The van der Waals surface area contributed by atoms with Gasteiger partial charge in [0, 0.05) is 0 Å². The molecule has 0 aromatic rings. The lowest BCUT2D eigenvalue weighted by Gasteiger charge is -2.30. The molecule has 5 heteroatoms. The van der Waals surface area contributed by atoms with Crippen molar-refractivity contribution in [3.63, 3.8) is 0 Å². The second-order valence-electron chi connectivity index (χ2n) is 5.09. The maximum Gasteiger partial charge on any atom is 0.230 e. The predicted molar refractivity (Wildman–Crippen MR) is 71.5 cm³/mol. The van der Waals surface area contributed by atoms with Gasteiger partial charge in [0.1, 0.15) is 0 Å². The Kier molecular flexibility index (Phi) is 5.33. The normalized spacial score (nSPS) is 26.6. The monoisotopic (exact) mass is 258 g/mol. The molecule has 0 saturated heterocycles. The average molecular weight is 258 g/mol. The number of aliphatic hydroxyl groups is 1. The van der Waals surface area contributed by atoms with Crippen LogP contribution < -0.4 is 11.1 Å². The maximum absolute atomic E-state index is 12.1. The number of hydrogen-bond donors (Lipinski definition) is 3. The van der Waals surface area contributed by atoms with Crippen molar-refractivity contribution in [3.05, 3.63) is 0 Å². The largest absolute Gasteiger partial charge is 0.393 e. The highest BCUT2D eigenvalue weighted by atomic mass is 32.1. The van der Waals surface area contributed by atoms with Crippen molar-refractivity contribution in [2.24, 2.45) is 17.6 Å². The highest BCUT2D eigenvalue weighted by molar-refractivity contribution is 7.80. The van der Waals surface area contributed by atoms with E-state index in [0.717, 1.165) is 25.7 Å². The molecule has 0 radical (unpaired) electrons. The first-order chi connectivity index (χ1) is 7.93. The minimum absolute atomic E-state index is 0.0771. The number of nitrogens with two attached hydrogens (primary N) is 1. The minimum Gasteiger partial charge on any atom is -0.393 e. The molecule has 0 bridgehead atoms. The van der Waals surface area contributed by atoms with Crippen molar-refractivity contribution in [3.8, 4) is 0 Å². The lowest BCUT2D eigenvalue weighted by molar-refractivity contribution is -0.125. The van der Waals surface area contributed by atoms with Gasteiger partial charge in [0.05, 0.1) is 23.1 Å². The van der Waals surface area contributed by atoms with Crippen molar-refractivity contribution < 1.29 is 9.90 Å². The number of hydrogen-bond acceptors (Lipinski definition) is 3. The van der Waals surface area contributed by atoms with Crippen molar-refractivity contribution in [2.75, 3.05) is 0 Å². The predicted octanol–water partition coefficient (Wildman–Crippen LogP) is 0.964. The van der Waals surface area contributed by atoms with Gasteiger partial charge in [-0.3, -0.25) is 4.79 Å². The highest BCUT2D eigenvalue weighted by Crippen LogP contribution is 2.20. The fourth-order valence-corrected chi connectivity index (χ4v) is 2.69. The van der Waals surface area contributed by atoms with Crippen LogP contribution in [-0.2, 0) is 4.79 Å². The zero-order chi connectivity index (χ0) is 13.0. The first kappa shape index (κ1) is 14.4. The molecule has 3 unspecified atom stereocenters. The van der Waals surface area contributed by atoms with Crippen molar-refractivity contribution in [1.29, 1.82) is 0 Å². The van der Waals surface area contributed by atoms with E-state index in [9.17, 15) is 9.90 Å². The maximum atomic E-state index is 12.1. The standard InChI is InChI=1S/C12H22N2O2S/c1-7(2)10(11(13)17)12(16)14-8-5-3-4-6-9(8)15/h7-10,15H,3-6H2,1-2H3,(H2,13,17)(H,14,16). The second-order valence-corrected chi connectivity index (χ2v) is 5.56. The van der Waals surface area contributed by atoms with Gasteiger partial charge in [0.15, 0.2) is 0 Å². The molecule has 4 nitrogen and oxygen atoms in total. The van der Waals surface area contributed by atoms with E-state index in [0.29, 0.717) is 0 Å². The van der Waals surface area contributed by atoms with Crippen LogP contribution in [0.1, 0.15) is 39.5 Å². The number of thiocarbonyl (C=S) groups is 1. The third-order valence-corrected chi connectivity index (χ3v) is 3.57. The summed E-state index contributed by atoms with van der Waals surface area (Å²) in [6.45, 7) is 3.83. The van der Waals surface area contributed by atoms with Gasteiger partial charge in [-0.2, -0.15) is 0 Å². The van der Waals surface area contributed by atoms with Gasteiger partial charge in [0.25, 0.3) is 0 Å². The topological polar surface area (TPSA) is 75.3 Å². The molecule has 1 amide bonds. The van der Waals surface area contributed by atoms with Crippen LogP contribution in [0.15, 0.2) is 0 Å². The molecule has 1 rings (SSSR count). The molecule has 3 atom stereocenters. The van der Waals surface area contributed by atoms with E-state index in [2.05, 4.69) is 5.32 Å². The highest BCUT2D eigenvalue weighted by Gasteiger charge is 2.30. The number of rotatable bonds is 4. The third-order valence-electron chi connectivity index (χ3n) is 3.31. The summed E-state index contributed by atoms with van der Waals surface area (Å²) >= 11 is 4.92. The molecule has 0 heterocycles. The van der Waals surface area contributed by atoms with E-state index in [1.54, 1.807) is 0 Å². The van der Waals surface area contributed by atoms with E-state index >= 15 is 0 Å². The molecule has 4 N–H and O–H groups in total. The quantitative estimate of drug-likeness (QED) is 0.657. The Morgan fingerprint density at radius 1 is 1.41 bits per heavy atom. The van der Waals surface area contributed by atoms with Crippen LogP contribution in [0.25, 0.3) is 0 Å². The molecule has 1 fully saturated rings. The Labute approximate surface area is 108 Å². The first-order valence-corrected chi connectivity index (χ1v) is 6.62. The van der Waals surface area contributed by atoms with Crippen LogP contribution >= 0.6 is 12.2 Å². The van der Waals surface area contributed by atoms with Gasteiger partial charge in [-0.15, -0.1) is 0 Å². The summed E-state index contributed by atoms with van der Waals surface area (Å²) in [5.74, 6) is -0.522. The van der Waals surface area contributed by atoms with Crippen LogP contribution in [0, 0.1) is 11.8 Å². The molecule has 0 aromatic heterocycles. The smallest absolute Gasteiger partial charge is 0.230 e. The van der Waals surface area contributed by atoms with Crippen LogP contribution in [0.2, 0.25) is 0 Å². The molecule has 1 saturated carbocycles. The Hall–Kier alpha value is -0.680. The summed E-state index contributed by atoms with van der Waals surface area (Å²) < 4.78 is 0. The Bertz CT molecular complexity index is 294. The fourth-order valence-electron chi connectivity index (χ4n) is 2.31. The Morgan fingerprint density at radius 3 is 2.47 bits per heavy atom. The molecular formula is C12H22N2O2S. The van der Waals surface area contributed by atoms with Crippen LogP contribution in [0.4, 0.5) is 0 Å². The number of carbonyl (C=O) groups excluding carboxylic acids is 1. The molecule has 0 aromatic carbocycles. The Balaban J connectivity index is 2.60. The molecule has 1 aliphatic carbocycles. The van der Waals surface area contributed by atoms with Gasteiger partial charge in [-0.25, -0.2) is 0 Å². The third kappa shape index (κ3) is 3.92. The minimum atomic E-state index is -0.445. The van der Waals surface area contributed by atoms with Crippen LogP contribution in [0.3, 0.4) is 0 Å². The van der Waals surface area contributed by atoms with Gasteiger partial charge in [0.2, 0.25) is 5.91 Å². The van der Waals surface area contributed by atoms with Gasteiger partial charge in [-0.1, -0.05) is 38.9 Å². The summed E-state index contributed by atoms with van der Waals surface area (Å²) in [6.07, 6.45) is 3.21. The zero-order valence-electron chi connectivity index (χ0n) is 10.5. The van der Waals surface area contributed by atoms with E-state index in [1.165, 1.54) is 0 Å². The number of aliphatic hydroxyl groups excluding tert-OH is 1. The Morgan fingerprint density at radius 2 is 2.00 bits per heavy atom. The van der Waals surface area contributed by atoms with Crippen LogP contribution in [-0.4, -0.2) is 28.1 Å². The summed E-state index contributed by atoms with van der Waals surface area (Å²) in [4.78, 5) is 12.3. The first-order valence-electron chi connectivity index (χ1n) is 6.21. The SMILES string of the molecule is CC(C)C(C(=O)NC1CCCCC1O)C(N)=S. The van der Waals surface area contributed by atoms with E-state index in [4.69, 9.17) is 18.0 Å². The molecule has 17 heavy (non-hydrogen) atoms. The van der Waals surface area contributed by atoms with Crippen molar-refractivity contribution in [1.82, 2.24) is 5.32 Å². The summed E-state index contributed by atoms with van der Waals surface area (Å²) in [5, 5.41) is 12.7. The second kappa shape index (κ2) is 6.31. The fraction of sp³-hybridized carbons (Fsp3) is 0.833. The summed E-state index contributed by atoms with van der Waals surface area (Å²) in [6, 6.07) is -0.146. The number of amides is 1. The van der Waals surface area contributed by atoms with Gasteiger partial charge in [-0.05, 0) is 18.8 Å². The van der Waals surface area contributed by atoms with E-state index in [-0.39, 0.29) is 22.9 Å². The lowest BCUT2D eigenvalue weighted by Crippen LogP contribution is -2.50. The zero-order valence-corrected chi connectivity index (χ0v) is 11.3. The van der Waals surface area contributed by atoms with Crippen molar-refractivity contribution in [2.45, 2.75) is 51.7 Å². The average Bonchev–Trinajstić information content (AvgIpc) is 2.20. The van der Waals surface area contributed by atoms with Gasteiger partial charge >= 0.3 is 0 Å². The number of nitrogens with one attached hydrogen (secondary N) is 1. The molecule has 98 valence electrons. The molecule has 0 spiro atoms. The number of carbonyl (C=O) groups is 1. The van der Waals surface area contributed by atoms with Crippen molar-refractivity contribution >= 4 is 23.1 Å². The lowest BCUT2D eigenvalue weighted by atomic mass is 9.90. The van der Waals surface area contributed by atoms with Crippen LogP contribution in [0.5, 0.6) is 0 Å². The summed E-state index contributed by atoms with van der Waals surface area (Å²) in [5.41, 5.74) is 5.59. The van der Waals surface area contributed by atoms with E-state index in [1.807, 2.05) is 13.8 Å². The van der Waals surface area contributed by atoms with E-state index < -0.39 is 12.0 Å². The molecule has 1 aliphatic rings. The molecular weight excluding hydrogens is 236 g/mol. The summed E-state index contributed by atoms with van der Waals surface area (Å²) in [7, 11) is 0. The van der Waals surface area contributed by atoms with Gasteiger partial charge < -0.3 is 16.2 Å².